The molecular formula is C24H31ClN2O3. The second-order valence-electron chi connectivity index (χ2n) is 7.47. The largest absolute Gasteiger partial charge is 0.484 e. The molecule has 0 fully saturated rings. The second-order valence-corrected chi connectivity index (χ2v) is 7.88. The third-order valence-corrected chi connectivity index (χ3v) is 5.51. The number of halogens is 1. The van der Waals surface area contributed by atoms with Crippen molar-refractivity contribution in [3.63, 3.8) is 0 Å². The van der Waals surface area contributed by atoms with Crippen molar-refractivity contribution in [1.29, 1.82) is 0 Å². The van der Waals surface area contributed by atoms with Crippen LogP contribution in [0, 0.1) is 13.8 Å². The summed E-state index contributed by atoms with van der Waals surface area (Å²) in [5.74, 6) is 0.165. The standard InChI is InChI=1S/C24H31ClN2O3/c1-5-6-13-26-24(29)19(4)27(15-20-10-8-7-9-17(20)2)23(28)16-30-21-11-12-22(25)18(3)14-21/h7-12,14,19H,5-6,13,15-16H2,1-4H3,(H,26,29)/t19-/m1/s1. The highest BCUT2D eigenvalue weighted by atomic mass is 35.5. The lowest BCUT2D eigenvalue weighted by Crippen LogP contribution is -2.49. The average molecular weight is 431 g/mol. The van der Waals surface area contributed by atoms with Crippen molar-refractivity contribution in [1.82, 2.24) is 10.2 Å². The monoisotopic (exact) mass is 430 g/mol. The van der Waals surface area contributed by atoms with Gasteiger partial charge in [0.1, 0.15) is 11.8 Å². The molecule has 0 unspecified atom stereocenters. The van der Waals surface area contributed by atoms with Gasteiger partial charge in [-0.2, -0.15) is 0 Å². The molecule has 0 aliphatic carbocycles. The van der Waals surface area contributed by atoms with Crippen LogP contribution in [0.5, 0.6) is 5.75 Å². The van der Waals surface area contributed by atoms with E-state index in [0.717, 1.165) is 29.5 Å². The molecule has 0 spiro atoms. The lowest BCUT2D eigenvalue weighted by molar-refractivity contribution is -0.142. The number of ether oxygens (including phenoxy) is 1. The molecule has 0 aliphatic heterocycles. The van der Waals surface area contributed by atoms with E-state index in [1.807, 2.05) is 38.1 Å². The number of aryl methyl sites for hydroxylation is 2. The lowest BCUT2D eigenvalue weighted by Gasteiger charge is -2.29. The Hall–Kier alpha value is -2.53. The third-order valence-electron chi connectivity index (χ3n) is 5.09. The van der Waals surface area contributed by atoms with Gasteiger partial charge in [-0.05, 0) is 62.1 Å². The SMILES string of the molecule is CCCCNC(=O)[C@@H](C)N(Cc1ccccc1C)C(=O)COc1ccc(Cl)c(C)c1. The molecule has 1 atom stereocenters. The van der Waals surface area contributed by atoms with Crippen LogP contribution >= 0.6 is 11.6 Å². The number of nitrogens with one attached hydrogen (secondary N) is 1. The molecule has 0 bridgehead atoms. The fourth-order valence-electron chi connectivity index (χ4n) is 3.02. The van der Waals surface area contributed by atoms with Crippen LogP contribution in [0.2, 0.25) is 5.02 Å². The topological polar surface area (TPSA) is 58.6 Å². The first kappa shape index (κ1) is 23.7. The van der Waals surface area contributed by atoms with E-state index in [1.54, 1.807) is 30.0 Å². The molecule has 2 aromatic rings. The maximum Gasteiger partial charge on any atom is 0.261 e. The number of amides is 2. The zero-order valence-corrected chi connectivity index (χ0v) is 19.0. The number of rotatable bonds is 10. The van der Waals surface area contributed by atoms with Crippen LogP contribution in [0.1, 0.15) is 43.4 Å². The van der Waals surface area contributed by atoms with Gasteiger partial charge in [-0.15, -0.1) is 0 Å². The predicted molar refractivity (Wildman–Crippen MR) is 121 cm³/mol. The first-order valence-electron chi connectivity index (χ1n) is 10.3. The molecule has 162 valence electrons. The second kappa shape index (κ2) is 11.6. The molecule has 0 heterocycles. The van der Waals surface area contributed by atoms with E-state index in [0.29, 0.717) is 23.9 Å². The maximum atomic E-state index is 13.1. The fourth-order valence-corrected chi connectivity index (χ4v) is 3.14. The molecule has 2 rings (SSSR count). The highest BCUT2D eigenvalue weighted by Gasteiger charge is 2.26. The van der Waals surface area contributed by atoms with Gasteiger partial charge in [0.25, 0.3) is 5.91 Å². The molecule has 0 aliphatic rings. The van der Waals surface area contributed by atoms with Crippen LogP contribution in [0.3, 0.4) is 0 Å². The van der Waals surface area contributed by atoms with E-state index in [2.05, 4.69) is 12.2 Å². The quantitative estimate of drug-likeness (QED) is 0.557. The van der Waals surface area contributed by atoms with Gasteiger partial charge in [0.2, 0.25) is 5.91 Å². The van der Waals surface area contributed by atoms with Gasteiger partial charge in [-0.1, -0.05) is 49.2 Å². The van der Waals surface area contributed by atoms with Crippen molar-refractivity contribution in [2.24, 2.45) is 0 Å². The van der Waals surface area contributed by atoms with Crippen molar-refractivity contribution in [2.45, 2.75) is 53.1 Å². The summed E-state index contributed by atoms with van der Waals surface area (Å²) in [7, 11) is 0. The predicted octanol–water partition coefficient (Wildman–Crippen LogP) is 4.67. The number of hydrogen-bond acceptors (Lipinski definition) is 3. The third kappa shape index (κ3) is 6.77. The van der Waals surface area contributed by atoms with E-state index in [1.165, 1.54) is 0 Å². The van der Waals surface area contributed by atoms with E-state index < -0.39 is 6.04 Å². The minimum Gasteiger partial charge on any atom is -0.484 e. The Morgan fingerprint density at radius 1 is 1.13 bits per heavy atom. The van der Waals surface area contributed by atoms with Gasteiger partial charge in [0.15, 0.2) is 6.61 Å². The molecule has 0 saturated carbocycles. The summed E-state index contributed by atoms with van der Waals surface area (Å²) in [5, 5.41) is 3.56. The van der Waals surface area contributed by atoms with Crippen molar-refractivity contribution in [2.75, 3.05) is 13.2 Å². The molecule has 2 aromatic carbocycles. The number of unbranched alkanes of at least 4 members (excludes halogenated alkanes) is 1. The summed E-state index contributed by atoms with van der Waals surface area (Å²) in [5.41, 5.74) is 2.95. The zero-order chi connectivity index (χ0) is 22.1. The number of carbonyl (C=O) groups is 2. The summed E-state index contributed by atoms with van der Waals surface area (Å²) in [4.78, 5) is 27.3. The van der Waals surface area contributed by atoms with Gasteiger partial charge in [-0.3, -0.25) is 9.59 Å². The Morgan fingerprint density at radius 3 is 2.53 bits per heavy atom. The zero-order valence-electron chi connectivity index (χ0n) is 18.2. The van der Waals surface area contributed by atoms with Crippen LogP contribution < -0.4 is 10.1 Å². The van der Waals surface area contributed by atoms with Crippen LogP contribution in [0.4, 0.5) is 0 Å². The smallest absolute Gasteiger partial charge is 0.261 e. The summed E-state index contributed by atoms with van der Waals surface area (Å²) in [6.07, 6.45) is 1.90. The van der Waals surface area contributed by atoms with E-state index in [-0.39, 0.29) is 18.4 Å². The van der Waals surface area contributed by atoms with Crippen LogP contribution in [0.25, 0.3) is 0 Å². The van der Waals surface area contributed by atoms with Crippen LogP contribution in [-0.4, -0.2) is 35.9 Å². The molecule has 30 heavy (non-hydrogen) atoms. The highest BCUT2D eigenvalue weighted by Crippen LogP contribution is 2.21. The maximum absolute atomic E-state index is 13.1. The molecule has 0 saturated heterocycles. The van der Waals surface area contributed by atoms with Crippen molar-refractivity contribution in [3.05, 3.63) is 64.2 Å². The Labute approximate surface area is 184 Å². The summed E-state index contributed by atoms with van der Waals surface area (Å²) in [6.45, 7) is 8.49. The summed E-state index contributed by atoms with van der Waals surface area (Å²) < 4.78 is 5.70. The summed E-state index contributed by atoms with van der Waals surface area (Å²) >= 11 is 6.05. The Kier molecular flexibility index (Phi) is 9.18. The van der Waals surface area contributed by atoms with Gasteiger partial charge >= 0.3 is 0 Å². The highest BCUT2D eigenvalue weighted by molar-refractivity contribution is 6.31. The van der Waals surface area contributed by atoms with Gasteiger partial charge in [0, 0.05) is 18.1 Å². The Bertz CT molecular complexity index is 869. The van der Waals surface area contributed by atoms with Crippen LogP contribution in [-0.2, 0) is 16.1 Å². The minimum absolute atomic E-state index is 0.153. The molecule has 0 aromatic heterocycles. The van der Waals surface area contributed by atoms with Gasteiger partial charge in [0.05, 0.1) is 0 Å². The van der Waals surface area contributed by atoms with Crippen molar-refractivity contribution < 1.29 is 14.3 Å². The van der Waals surface area contributed by atoms with Crippen molar-refractivity contribution >= 4 is 23.4 Å². The minimum atomic E-state index is -0.607. The molecule has 5 nitrogen and oxygen atoms in total. The van der Waals surface area contributed by atoms with Gasteiger partial charge < -0.3 is 15.0 Å². The first-order chi connectivity index (χ1) is 14.3. The van der Waals surface area contributed by atoms with E-state index in [9.17, 15) is 9.59 Å². The molecule has 6 heteroatoms. The summed E-state index contributed by atoms with van der Waals surface area (Å²) in [6, 6.07) is 12.5. The lowest BCUT2D eigenvalue weighted by atomic mass is 10.1. The molecule has 0 radical (unpaired) electrons. The average Bonchev–Trinajstić information content (AvgIpc) is 2.73. The van der Waals surface area contributed by atoms with Gasteiger partial charge in [-0.25, -0.2) is 0 Å². The fraction of sp³-hybridized carbons (Fsp3) is 0.417. The van der Waals surface area contributed by atoms with E-state index >= 15 is 0 Å². The molecule has 2 amide bonds. The van der Waals surface area contributed by atoms with Crippen molar-refractivity contribution in [3.8, 4) is 5.75 Å². The number of benzene rings is 2. The Morgan fingerprint density at radius 2 is 1.87 bits per heavy atom. The molecule has 1 N–H and O–H groups in total. The number of hydrogen-bond donors (Lipinski definition) is 1. The van der Waals surface area contributed by atoms with Crippen LogP contribution in [0.15, 0.2) is 42.5 Å². The van der Waals surface area contributed by atoms with E-state index in [4.69, 9.17) is 16.3 Å². The number of carbonyl (C=O) groups excluding carboxylic acids is 2. The normalized spacial score (nSPS) is 11.6. The first-order valence-corrected chi connectivity index (χ1v) is 10.7. The Balaban J connectivity index is 2.14. The number of nitrogens with zero attached hydrogens (tertiary/aromatic N) is 1. The molecular weight excluding hydrogens is 400 g/mol.